The first-order chi connectivity index (χ1) is 9.02. The zero-order valence-electron chi connectivity index (χ0n) is 10.2. The highest BCUT2D eigenvalue weighted by Crippen LogP contribution is 2.28. The third kappa shape index (κ3) is 3.00. The highest BCUT2D eigenvalue weighted by molar-refractivity contribution is 6.42. The van der Waals surface area contributed by atoms with Crippen molar-refractivity contribution >= 4 is 40.2 Å². The van der Waals surface area contributed by atoms with E-state index in [2.05, 4.69) is 4.98 Å². The van der Waals surface area contributed by atoms with Crippen LogP contribution in [0.15, 0.2) is 12.1 Å². The molecule has 0 aliphatic heterocycles. The van der Waals surface area contributed by atoms with Crippen molar-refractivity contribution in [3.05, 3.63) is 28.0 Å². The van der Waals surface area contributed by atoms with Gasteiger partial charge < -0.3 is 14.4 Å². The number of methoxy groups -OCH3 is 1. The normalized spacial score (nSPS) is 11.1. The van der Waals surface area contributed by atoms with E-state index in [4.69, 9.17) is 33.0 Å². The quantitative estimate of drug-likeness (QED) is 0.922. The number of nitrogens with zero attached hydrogens (tertiary/aromatic N) is 2. The summed E-state index contributed by atoms with van der Waals surface area (Å²) in [6.45, 7) is 0.290. The summed E-state index contributed by atoms with van der Waals surface area (Å²) in [7, 11) is 1.58. The number of rotatable bonds is 5. The minimum Gasteiger partial charge on any atom is -0.480 e. The summed E-state index contributed by atoms with van der Waals surface area (Å²) >= 11 is 11.9. The molecule has 102 valence electrons. The lowest BCUT2D eigenvalue weighted by molar-refractivity contribution is -0.137. The Morgan fingerprint density at radius 2 is 2.11 bits per heavy atom. The van der Waals surface area contributed by atoms with E-state index in [0.717, 1.165) is 0 Å². The maximum absolute atomic E-state index is 10.9. The highest BCUT2D eigenvalue weighted by atomic mass is 35.5. The molecule has 0 aliphatic carbocycles. The molecule has 0 saturated heterocycles. The first kappa shape index (κ1) is 14.1. The van der Waals surface area contributed by atoms with Gasteiger partial charge in [-0.15, -0.1) is 0 Å². The molecule has 2 rings (SSSR count). The van der Waals surface area contributed by atoms with Gasteiger partial charge in [-0.25, -0.2) is 4.98 Å². The van der Waals surface area contributed by atoms with Crippen molar-refractivity contribution in [1.82, 2.24) is 9.55 Å². The van der Waals surface area contributed by atoms with Crippen LogP contribution in [-0.2, 0) is 22.5 Å². The van der Waals surface area contributed by atoms with E-state index in [1.165, 1.54) is 0 Å². The van der Waals surface area contributed by atoms with Gasteiger partial charge in [0.1, 0.15) is 12.4 Å². The van der Waals surface area contributed by atoms with Gasteiger partial charge in [0, 0.05) is 13.5 Å². The molecule has 0 aliphatic rings. The second-order valence-corrected chi connectivity index (χ2v) is 4.82. The maximum atomic E-state index is 10.9. The molecule has 19 heavy (non-hydrogen) atoms. The zero-order chi connectivity index (χ0) is 14.0. The molecule has 1 aromatic heterocycles. The van der Waals surface area contributed by atoms with Gasteiger partial charge in [0.2, 0.25) is 0 Å². The van der Waals surface area contributed by atoms with Gasteiger partial charge in [0.25, 0.3) is 0 Å². The predicted molar refractivity (Wildman–Crippen MR) is 73.0 cm³/mol. The Morgan fingerprint density at radius 1 is 1.42 bits per heavy atom. The number of aromatic nitrogens is 2. The molecule has 0 amide bonds. The number of carboxylic acids is 1. The molecule has 7 heteroatoms. The van der Waals surface area contributed by atoms with Crippen LogP contribution in [0.1, 0.15) is 5.82 Å². The molecular weight excluding hydrogens is 291 g/mol. The van der Waals surface area contributed by atoms with E-state index >= 15 is 0 Å². The Balaban J connectivity index is 2.55. The molecule has 2 aromatic rings. The Hall–Kier alpha value is -1.30. The van der Waals surface area contributed by atoms with Crippen molar-refractivity contribution in [2.75, 3.05) is 13.7 Å². The van der Waals surface area contributed by atoms with Crippen LogP contribution < -0.4 is 0 Å². The lowest BCUT2D eigenvalue weighted by atomic mass is 10.3. The molecule has 0 unspecified atom stereocenters. The number of carboxylic acid groups (broad SMARTS) is 1. The average molecular weight is 303 g/mol. The average Bonchev–Trinajstić information content (AvgIpc) is 2.65. The number of halogens is 2. The fourth-order valence-electron chi connectivity index (χ4n) is 1.87. The van der Waals surface area contributed by atoms with Gasteiger partial charge >= 0.3 is 5.97 Å². The third-order valence-corrected chi connectivity index (χ3v) is 3.41. The van der Waals surface area contributed by atoms with Gasteiger partial charge in [-0.3, -0.25) is 4.79 Å². The Morgan fingerprint density at radius 3 is 2.74 bits per heavy atom. The highest BCUT2D eigenvalue weighted by Gasteiger charge is 2.14. The van der Waals surface area contributed by atoms with Crippen molar-refractivity contribution < 1.29 is 14.6 Å². The fourth-order valence-corrected chi connectivity index (χ4v) is 2.18. The smallest absolute Gasteiger partial charge is 0.323 e. The molecule has 1 N–H and O–H groups in total. The minimum absolute atomic E-state index is 0.173. The summed E-state index contributed by atoms with van der Waals surface area (Å²) in [5, 5.41) is 9.75. The van der Waals surface area contributed by atoms with E-state index < -0.39 is 5.97 Å². The van der Waals surface area contributed by atoms with Crippen molar-refractivity contribution in [1.29, 1.82) is 0 Å². The van der Waals surface area contributed by atoms with E-state index in [1.54, 1.807) is 23.8 Å². The number of hydrogen-bond donors (Lipinski definition) is 1. The van der Waals surface area contributed by atoms with Crippen LogP contribution in [0.2, 0.25) is 10.0 Å². The molecule has 0 atom stereocenters. The van der Waals surface area contributed by atoms with Crippen molar-refractivity contribution in [2.24, 2.45) is 0 Å². The fraction of sp³-hybridized carbons (Fsp3) is 0.333. The lowest BCUT2D eigenvalue weighted by Gasteiger charge is -2.06. The second kappa shape index (κ2) is 5.77. The van der Waals surface area contributed by atoms with Crippen molar-refractivity contribution in [2.45, 2.75) is 13.0 Å². The molecule has 0 bridgehead atoms. The third-order valence-electron chi connectivity index (χ3n) is 2.69. The molecule has 0 radical (unpaired) electrons. The molecule has 0 fully saturated rings. The Kier molecular flexibility index (Phi) is 4.29. The number of aliphatic carboxylic acids is 1. The maximum Gasteiger partial charge on any atom is 0.323 e. The van der Waals surface area contributed by atoms with Gasteiger partial charge in [-0.1, -0.05) is 23.2 Å². The molecule has 1 heterocycles. The number of benzene rings is 1. The van der Waals surface area contributed by atoms with Crippen LogP contribution in [0.3, 0.4) is 0 Å². The van der Waals surface area contributed by atoms with Crippen LogP contribution >= 0.6 is 23.2 Å². The summed E-state index contributed by atoms with van der Waals surface area (Å²) in [5.41, 5.74) is 1.28. The summed E-state index contributed by atoms with van der Waals surface area (Å²) in [5.74, 6) is -0.304. The SMILES string of the molecule is COCCc1nc2cc(Cl)c(Cl)cc2n1CC(=O)O. The molecular formula is C12H12Cl2N2O3. The molecule has 0 spiro atoms. The van der Waals surface area contributed by atoms with E-state index in [-0.39, 0.29) is 6.54 Å². The molecule has 5 nitrogen and oxygen atoms in total. The minimum atomic E-state index is -0.941. The zero-order valence-corrected chi connectivity index (χ0v) is 11.7. The van der Waals surface area contributed by atoms with E-state index in [0.29, 0.717) is 39.9 Å². The Labute approximate surface area is 119 Å². The largest absolute Gasteiger partial charge is 0.480 e. The van der Waals surface area contributed by atoms with Gasteiger partial charge in [-0.05, 0) is 12.1 Å². The first-order valence-electron chi connectivity index (χ1n) is 5.58. The number of carbonyl (C=O) groups is 1. The van der Waals surface area contributed by atoms with Crippen LogP contribution in [-0.4, -0.2) is 34.3 Å². The lowest BCUT2D eigenvalue weighted by Crippen LogP contribution is -2.13. The van der Waals surface area contributed by atoms with Gasteiger partial charge in [0.15, 0.2) is 0 Å². The number of fused-ring (bicyclic) bond motifs is 1. The number of imidazole rings is 1. The summed E-state index contributed by atoms with van der Waals surface area (Å²) < 4.78 is 6.61. The van der Waals surface area contributed by atoms with E-state index in [9.17, 15) is 4.79 Å². The first-order valence-corrected chi connectivity index (χ1v) is 6.33. The standard InChI is InChI=1S/C12H12Cl2N2O3/c1-19-3-2-11-15-9-4-7(13)8(14)5-10(9)16(11)6-12(17)18/h4-5H,2-3,6H2,1H3,(H,17,18). The summed E-state index contributed by atoms with van der Waals surface area (Å²) in [6.07, 6.45) is 0.522. The number of hydrogen-bond acceptors (Lipinski definition) is 3. The van der Waals surface area contributed by atoms with Crippen molar-refractivity contribution in [3.63, 3.8) is 0 Å². The van der Waals surface area contributed by atoms with E-state index in [1.807, 2.05) is 0 Å². The topological polar surface area (TPSA) is 64.4 Å². The second-order valence-electron chi connectivity index (χ2n) is 4.01. The Bertz CT molecular complexity index is 625. The number of ether oxygens (including phenoxy) is 1. The van der Waals surface area contributed by atoms with Crippen molar-refractivity contribution in [3.8, 4) is 0 Å². The van der Waals surface area contributed by atoms with Crippen LogP contribution in [0.4, 0.5) is 0 Å². The summed E-state index contributed by atoms with van der Waals surface area (Å²) in [6, 6.07) is 3.26. The monoisotopic (exact) mass is 302 g/mol. The van der Waals surface area contributed by atoms with Gasteiger partial charge in [-0.2, -0.15) is 0 Å². The van der Waals surface area contributed by atoms with Crippen LogP contribution in [0.25, 0.3) is 11.0 Å². The van der Waals surface area contributed by atoms with Gasteiger partial charge in [0.05, 0.1) is 27.7 Å². The molecule has 1 aromatic carbocycles. The van der Waals surface area contributed by atoms with Crippen LogP contribution in [0.5, 0.6) is 0 Å². The predicted octanol–water partition coefficient (Wildman–Crippen LogP) is 2.62. The van der Waals surface area contributed by atoms with Crippen LogP contribution in [0, 0.1) is 0 Å². The summed E-state index contributed by atoms with van der Waals surface area (Å²) in [4.78, 5) is 15.3. The molecule has 0 saturated carbocycles.